The molecular weight excluding hydrogens is 756 g/mol. The standard InChI is InChI=1S/C19H14Cl2N2O4S.C11H6Cl3NO3S.H2/c1-12(24)13-2-4-15(5-3-13)23-28(25,26)17-6-7-19(18(21)9-17)27-16-8-14(20)10-22-11-16;12-7-3-8(6-15-5-7)18-11-2-1-9(4-10(11)13)19(14,16)17;/h2-11,23H,1H3;1-6H;1H. The Hall–Kier alpha value is -3.62. The highest BCUT2D eigenvalue weighted by molar-refractivity contribution is 8.13. The maximum Gasteiger partial charge on any atom is 0.261 e. The van der Waals surface area contributed by atoms with Crippen molar-refractivity contribution in [3.8, 4) is 23.0 Å². The Bertz CT molecular complexity index is 2160. The SMILES string of the molecule is CC(=O)c1ccc(NS(=O)(=O)c2ccc(Oc3cncc(Cl)c3)c(Cl)c2)cc1.O=S(=O)(Cl)c1ccc(Oc2cncc(Cl)c2)c(Cl)c1.[HH]. The van der Waals surface area contributed by atoms with E-state index >= 15 is 0 Å². The van der Waals surface area contributed by atoms with E-state index in [1.165, 1.54) is 80.2 Å². The number of anilines is 1. The van der Waals surface area contributed by atoms with Crippen LogP contribution in [0.2, 0.25) is 20.1 Å². The molecule has 2 heterocycles. The smallest absolute Gasteiger partial charge is 0.261 e. The first-order chi connectivity index (χ1) is 22.1. The minimum atomic E-state index is -3.87. The van der Waals surface area contributed by atoms with Crippen molar-refractivity contribution in [2.45, 2.75) is 16.7 Å². The number of nitrogens with one attached hydrogen (secondary N) is 1. The number of carbonyl (C=O) groups is 1. The second-order valence-corrected chi connectivity index (χ2v) is 15.2. The Morgan fingerprint density at radius 2 is 1.15 bits per heavy atom. The molecule has 0 bridgehead atoms. The lowest BCUT2D eigenvalue weighted by Gasteiger charge is -2.11. The Balaban J connectivity index is 0.000000274. The van der Waals surface area contributed by atoms with Crippen LogP contribution < -0.4 is 14.2 Å². The van der Waals surface area contributed by atoms with E-state index in [0.717, 1.165) is 0 Å². The van der Waals surface area contributed by atoms with Crippen molar-refractivity contribution in [1.29, 1.82) is 0 Å². The highest BCUT2D eigenvalue weighted by atomic mass is 35.7. The number of benzene rings is 3. The number of nitrogens with zero attached hydrogens (tertiary/aromatic N) is 2. The molecule has 0 aliphatic carbocycles. The molecule has 0 amide bonds. The van der Waals surface area contributed by atoms with Crippen molar-refractivity contribution in [2.24, 2.45) is 0 Å². The average Bonchev–Trinajstić information content (AvgIpc) is 2.99. The summed E-state index contributed by atoms with van der Waals surface area (Å²) in [6, 6.07) is 17.2. The number of hydrogen-bond acceptors (Lipinski definition) is 9. The molecule has 246 valence electrons. The fraction of sp³-hybridized carbons (Fsp3) is 0.0333. The van der Waals surface area contributed by atoms with E-state index in [4.69, 9.17) is 66.6 Å². The predicted octanol–water partition coefficient (Wildman–Crippen LogP) is 9.54. The number of Topliss-reactive ketones (excluding diaryl/α,β-unsaturated/α-hetero) is 1. The highest BCUT2D eigenvalue weighted by Crippen LogP contribution is 2.34. The zero-order chi connectivity index (χ0) is 34.4. The van der Waals surface area contributed by atoms with Crippen LogP contribution >= 0.6 is 57.1 Å². The maximum absolute atomic E-state index is 12.6. The van der Waals surface area contributed by atoms with Gasteiger partial charge in [-0.25, -0.2) is 16.8 Å². The van der Waals surface area contributed by atoms with E-state index in [2.05, 4.69) is 14.7 Å². The molecule has 5 rings (SSSR count). The minimum absolute atomic E-state index is 0. The zero-order valence-corrected chi connectivity index (χ0v) is 29.1. The van der Waals surface area contributed by atoms with Gasteiger partial charge in [0.15, 0.2) is 5.78 Å². The number of pyridine rings is 2. The first-order valence-corrected chi connectivity index (χ1v) is 18.2. The molecule has 47 heavy (non-hydrogen) atoms. The van der Waals surface area contributed by atoms with Crippen molar-refractivity contribution in [1.82, 2.24) is 9.97 Å². The maximum atomic E-state index is 12.6. The summed E-state index contributed by atoms with van der Waals surface area (Å²) < 4.78 is 60.9. The van der Waals surface area contributed by atoms with Crippen LogP contribution in [0.25, 0.3) is 0 Å². The predicted molar refractivity (Wildman–Crippen MR) is 184 cm³/mol. The van der Waals surface area contributed by atoms with E-state index in [1.807, 2.05) is 0 Å². The lowest BCUT2D eigenvalue weighted by atomic mass is 10.1. The van der Waals surface area contributed by atoms with Crippen LogP contribution in [0.5, 0.6) is 23.0 Å². The van der Waals surface area contributed by atoms with Crippen LogP contribution in [0, 0.1) is 0 Å². The van der Waals surface area contributed by atoms with Crippen LogP contribution in [-0.2, 0) is 19.1 Å². The van der Waals surface area contributed by atoms with Crippen LogP contribution in [-0.4, -0.2) is 32.6 Å². The minimum Gasteiger partial charge on any atom is -0.454 e. The normalized spacial score (nSPS) is 11.2. The van der Waals surface area contributed by atoms with Gasteiger partial charge in [-0.2, -0.15) is 0 Å². The van der Waals surface area contributed by atoms with Crippen molar-refractivity contribution >= 4 is 87.6 Å². The number of ether oxygens (including phenoxy) is 2. The van der Waals surface area contributed by atoms with Gasteiger partial charge < -0.3 is 9.47 Å². The van der Waals surface area contributed by atoms with Gasteiger partial charge in [-0.05, 0) is 67.6 Å². The van der Waals surface area contributed by atoms with Crippen LogP contribution in [0.1, 0.15) is 18.7 Å². The molecule has 0 saturated heterocycles. The highest BCUT2D eigenvalue weighted by Gasteiger charge is 2.17. The second-order valence-electron chi connectivity index (χ2n) is 9.24. The zero-order valence-electron chi connectivity index (χ0n) is 23.7. The van der Waals surface area contributed by atoms with Crippen molar-refractivity contribution < 1.29 is 32.5 Å². The molecule has 3 aromatic carbocycles. The summed E-state index contributed by atoms with van der Waals surface area (Å²) in [7, 11) is -2.49. The van der Waals surface area contributed by atoms with E-state index in [-0.39, 0.29) is 38.5 Å². The van der Waals surface area contributed by atoms with Gasteiger partial charge in [0.25, 0.3) is 19.1 Å². The molecule has 0 aliphatic heterocycles. The Kier molecular flexibility index (Phi) is 12.0. The third-order valence-corrected chi connectivity index (χ3v) is 9.49. The lowest BCUT2D eigenvalue weighted by molar-refractivity contribution is 0.101. The van der Waals surface area contributed by atoms with Gasteiger partial charge in [-0.15, -0.1) is 0 Å². The molecule has 0 atom stereocenters. The van der Waals surface area contributed by atoms with Crippen LogP contribution in [0.15, 0.2) is 107 Å². The summed E-state index contributed by atoms with van der Waals surface area (Å²) in [6.45, 7) is 1.43. The Morgan fingerprint density at radius 1 is 0.681 bits per heavy atom. The van der Waals surface area contributed by atoms with Gasteiger partial charge in [-0.1, -0.05) is 46.4 Å². The quantitative estimate of drug-likeness (QED) is 0.114. The molecule has 0 saturated carbocycles. The number of ketones is 1. The second kappa shape index (κ2) is 15.5. The fourth-order valence-corrected chi connectivity index (χ4v) is 6.34. The summed E-state index contributed by atoms with van der Waals surface area (Å²) in [6.07, 6.45) is 5.83. The van der Waals surface area contributed by atoms with Crippen molar-refractivity contribution in [3.05, 3.63) is 123 Å². The molecule has 0 radical (unpaired) electrons. The topological polar surface area (TPSA) is 142 Å². The Labute approximate surface area is 296 Å². The number of carbonyl (C=O) groups excluding carboxylic acids is 1. The number of halogens is 5. The van der Waals surface area contributed by atoms with E-state index in [0.29, 0.717) is 32.8 Å². The van der Waals surface area contributed by atoms with E-state index in [1.54, 1.807) is 24.3 Å². The molecule has 0 fully saturated rings. The number of aromatic nitrogens is 2. The molecule has 10 nitrogen and oxygen atoms in total. The molecule has 2 aromatic heterocycles. The molecule has 0 unspecified atom stereocenters. The fourth-order valence-electron chi connectivity index (χ4n) is 3.58. The molecule has 0 spiro atoms. The van der Waals surface area contributed by atoms with Gasteiger partial charge in [-0.3, -0.25) is 19.5 Å². The van der Waals surface area contributed by atoms with Gasteiger partial charge in [0, 0.05) is 47.9 Å². The van der Waals surface area contributed by atoms with E-state index < -0.39 is 19.1 Å². The van der Waals surface area contributed by atoms with Gasteiger partial charge in [0.05, 0.1) is 42.3 Å². The average molecular weight is 778 g/mol. The van der Waals surface area contributed by atoms with Gasteiger partial charge in [0.2, 0.25) is 0 Å². The summed E-state index contributed by atoms with van der Waals surface area (Å²) in [5.74, 6) is 1.18. The van der Waals surface area contributed by atoms with E-state index in [9.17, 15) is 21.6 Å². The van der Waals surface area contributed by atoms with Crippen LogP contribution in [0.3, 0.4) is 0 Å². The largest absolute Gasteiger partial charge is 0.454 e. The lowest BCUT2D eigenvalue weighted by Crippen LogP contribution is -2.13. The third kappa shape index (κ3) is 10.4. The molecular formula is C30H22Cl5N3O7S2. The van der Waals surface area contributed by atoms with Crippen molar-refractivity contribution in [2.75, 3.05) is 4.72 Å². The summed E-state index contributed by atoms with van der Waals surface area (Å²) >= 11 is 23.7. The molecule has 1 N–H and O–H groups in total. The number of sulfonamides is 1. The Morgan fingerprint density at radius 3 is 1.57 bits per heavy atom. The molecule has 0 aliphatic rings. The third-order valence-electron chi connectivity index (χ3n) is 5.76. The van der Waals surface area contributed by atoms with Gasteiger partial charge >= 0.3 is 0 Å². The monoisotopic (exact) mass is 775 g/mol. The summed E-state index contributed by atoms with van der Waals surface area (Å²) in [4.78, 5) is 18.9. The summed E-state index contributed by atoms with van der Waals surface area (Å²) in [5.41, 5.74) is 0.814. The molecule has 5 aromatic rings. The first kappa shape index (κ1) is 36.2. The van der Waals surface area contributed by atoms with Crippen LogP contribution in [0.4, 0.5) is 5.69 Å². The first-order valence-electron chi connectivity index (χ1n) is 12.8. The van der Waals surface area contributed by atoms with Crippen molar-refractivity contribution in [3.63, 3.8) is 0 Å². The molecule has 17 heteroatoms. The summed E-state index contributed by atoms with van der Waals surface area (Å²) in [5, 5.41) is 1.03. The number of rotatable bonds is 9. The number of hydrogen-bond donors (Lipinski definition) is 1. The van der Waals surface area contributed by atoms with Gasteiger partial charge in [0.1, 0.15) is 23.0 Å².